The summed E-state index contributed by atoms with van der Waals surface area (Å²) < 4.78 is 26.9. The number of nitrogens with one attached hydrogen (secondary N) is 2. The zero-order valence-electron chi connectivity index (χ0n) is 11.8. The summed E-state index contributed by atoms with van der Waals surface area (Å²) in [6.45, 7) is 3.87. The smallest absolute Gasteiger partial charge is 0.261 e. The first-order valence-electron chi connectivity index (χ1n) is 6.60. The molecule has 0 unspecified atom stereocenters. The van der Waals surface area contributed by atoms with E-state index < -0.39 is 10.0 Å². The predicted octanol–water partition coefficient (Wildman–Crippen LogP) is 2.40. The summed E-state index contributed by atoms with van der Waals surface area (Å²) >= 11 is 0. The Morgan fingerprint density at radius 1 is 1.05 bits per heavy atom. The molecule has 2 rings (SSSR count). The third kappa shape index (κ3) is 3.95. The molecule has 0 aliphatic rings. The Labute approximate surface area is 129 Å². The second kappa shape index (κ2) is 6.91. The van der Waals surface area contributed by atoms with Gasteiger partial charge in [0.05, 0.1) is 4.90 Å². The van der Waals surface area contributed by atoms with E-state index in [1.807, 2.05) is 0 Å². The van der Waals surface area contributed by atoms with Crippen molar-refractivity contribution in [1.29, 1.82) is 0 Å². The molecule has 114 valence electrons. The molecule has 0 saturated heterocycles. The number of benzene rings is 2. The summed E-state index contributed by atoms with van der Waals surface area (Å²) in [6, 6.07) is 14.3. The van der Waals surface area contributed by atoms with Crippen molar-refractivity contribution in [3.8, 4) is 0 Å². The lowest BCUT2D eigenvalue weighted by Gasteiger charge is -2.08. The Kier molecular flexibility index (Phi) is 4.95. The van der Waals surface area contributed by atoms with Gasteiger partial charge in [-0.2, -0.15) is 0 Å². The molecule has 0 bridgehead atoms. The average molecular weight is 316 g/mol. The molecule has 6 heteroatoms. The Hall–Kier alpha value is -2.60. The summed E-state index contributed by atoms with van der Waals surface area (Å²) in [5.74, 6) is -0.278. The maximum Gasteiger partial charge on any atom is 0.261 e. The molecule has 0 aliphatic heterocycles. The average Bonchev–Trinajstić information content (AvgIpc) is 2.53. The van der Waals surface area contributed by atoms with Crippen molar-refractivity contribution in [1.82, 2.24) is 5.32 Å². The topological polar surface area (TPSA) is 75.3 Å². The molecule has 2 aromatic carbocycles. The monoisotopic (exact) mass is 316 g/mol. The van der Waals surface area contributed by atoms with E-state index in [9.17, 15) is 13.2 Å². The van der Waals surface area contributed by atoms with Crippen LogP contribution >= 0.6 is 0 Å². The summed E-state index contributed by atoms with van der Waals surface area (Å²) in [7, 11) is -3.67. The highest BCUT2D eigenvalue weighted by molar-refractivity contribution is 7.92. The molecule has 5 nitrogen and oxygen atoms in total. The van der Waals surface area contributed by atoms with Crippen LogP contribution in [-0.4, -0.2) is 20.9 Å². The van der Waals surface area contributed by atoms with Crippen molar-refractivity contribution in [2.45, 2.75) is 4.90 Å². The Bertz CT molecular complexity index is 754. The minimum Gasteiger partial charge on any atom is -0.349 e. The minimum absolute atomic E-state index is 0.0941. The van der Waals surface area contributed by atoms with Crippen LogP contribution in [0.25, 0.3) is 0 Å². The molecule has 0 radical (unpaired) electrons. The molecule has 0 fully saturated rings. The van der Waals surface area contributed by atoms with Gasteiger partial charge in [-0.1, -0.05) is 24.3 Å². The highest BCUT2D eigenvalue weighted by Crippen LogP contribution is 2.16. The van der Waals surface area contributed by atoms with Crippen LogP contribution in [0, 0.1) is 0 Å². The Morgan fingerprint density at radius 2 is 1.68 bits per heavy atom. The van der Waals surface area contributed by atoms with Gasteiger partial charge in [-0.3, -0.25) is 9.52 Å². The van der Waals surface area contributed by atoms with Gasteiger partial charge in [0, 0.05) is 17.8 Å². The molecular formula is C16H16N2O3S. The molecule has 0 aliphatic carbocycles. The number of carbonyl (C=O) groups excluding carboxylic acids is 1. The number of carbonyl (C=O) groups is 1. The van der Waals surface area contributed by atoms with E-state index in [0.717, 1.165) is 0 Å². The third-order valence-electron chi connectivity index (χ3n) is 2.86. The van der Waals surface area contributed by atoms with Crippen molar-refractivity contribution in [3.63, 3.8) is 0 Å². The van der Waals surface area contributed by atoms with E-state index in [2.05, 4.69) is 16.6 Å². The van der Waals surface area contributed by atoms with Crippen LogP contribution in [-0.2, 0) is 10.0 Å². The van der Waals surface area contributed by atoms with Crippen LogP contribution in [0.15, 0.2) is 72.1 Å². The molecule has 0 saturated carbocycles. The van der Waals surface area contributed by atoms with Crippen LogP contribution in [0.5, 0.6) is 0 Å². The van der Waals surface area contributed by atoms with Gasteiger partial charge in [-0.15, -0.1) is 6.58 Å². The molecule has 0 spiro atoms. The third-order valence-corrected chi connectivity index (χ3v) is 4.26. The van der Waals surface area contributed by atoms with Gasteiger partial charge in [-0.05, 0) is 36.4 Å². The molecule has 0 atom stereocenters. The van der Waals surface area contributed by atoms with Crippen LogP contribution in [0.4, 0.5) is 5.69 Å². The fourth-order valence-corrected chi connectivity index (χ4v) is 2.83. The number of rotatable bonds is 6. The fourth-order valence-electron chi connectivity index (χ4n) is 1.77. The van der Waals surface area contributed by atoms with Gasteiger partial charge in [-0.25, -0.2) is 8.42 Å². The first-order chi connectivity index (χ1) is 10.5. The van der Waals surface area contributed by atoms with Gasteiger partial charge in [0.15, 0.2) is 0 Å². The van der Waals surface area contributed by atoms with Crippen molar-refractivity contribution in [2.24, 2.45) is 0 Å². The van der Waals surface area contributed by atoms with E-state index in [1.54, 1.807) is 36.4 Å². The number of anilines is 1. The van der Waals surface area contributed by atoms with Gasteiger partial charge in [0.1, 0.15) is 0 Å². The normalized spacial score (nSPS) is 10.7. The van der Waals surface area contributed by atoms with Gasteiger partial charge in [0.25, 0.3) is 15.9 Å². The van der Waals surface area contributed by atoms with Crippen LogP contribution in [0.1, 0.15) is 10.4 Å². The fraction of sp³-hybridized carbons (Fsp3) is 0.0625. The van der Waals surface area contributed by atoms with Crippen LogP contribution in [0.2, 0.25) is 0 Å². The molecular weight excluding hydrogens is 300 g/mol. The number of para-hydroxylation sites is 1. The molecule has 1 amide bonds. The maximum absolute atomic E-state index is 12.2. The van der Waals surface area contributed by atoms with Gasteiger partial charge >= 0.3 is 0 Å². The quantitative estimate of drug-likeness (QED) is 0.804. The van der Waals surface area contributed by atoms with E-state index in [1.165, 1.54) is 24.3 Å². The largest absolute Gasteiger partial charge is 0.349 e. The van der Waals surface area contributed by atoms with Crippen molar-refractivity contribution >= 4 is 21.6 Å². The summed E-state index contributed by atoms with van der Waals surface area (Å²) in [4.78, 5) is 11.8. The summed E-state index contributed by atoms with van der Waals surface area (Å²) in [6.07, 6.45) is 1.57. The Morgan fingerprint density at radius 3 is 2.27 bits per heavy atom. The highest BCUT2D eigenvalue weighted by Gasteiger charge is 2.14. The summed E-state index contributed by atoms with van der Waals surface area (Å²) in [5, 5.41) is 2.62. The SMILES string of the molecule is C=CCNC(=O)c1ccc(S(=O)(=O)Nc2ccccc2)cc1. The predicted molar refractivity (Wildman–Crippen MR) is 86.2 cm³/mol. The minimum atomic E-state index is -3.67. The lowest BCUT2D eigenvalue weighted by molar-refractivity contribution is 0.0958. The number of amides is 1. The van der Waals surface area contributed by atoms with E-state index >= 15 is 0 Å². The van der Waals surface area contributed by atoms with Crippen LogP contribution < -0.4 is 10.0 Å². The molecule has 2 N–H and O–H groups in total. The Balaban J connectivity index is 2.15. The first kappa shape index (κ1) is 15.8. The standard InChI is InChI=1S/C16H16N2O3S/c1-2-12-17-16(19)13-8-10-15(11-9-13)22(20,21)18-14-6-4-3-5-7-14/h2-11,18H,1,12H2,(H,17,19). The molecule has 0 aromatic heterocycles. The second-order valence-electron chi connectivity index (χ2n) is 4.49. The van der Waals surface area contributed by atoms with Gasteiger partial charge in [0.2, 0.25) is 0 Å². The number of hydrogen-bond donors (Lipinski definition) is 2. The lowest BCUT2D eigenvalue weighted by atomic mass is 10.2. The lowest BCUT2D eigenvalue weighted by Crippen LogP contribution is -2.23. The van der Waals surface area contributed by atoms with Gasteiger partial charge < -0.3 is 5.32 Å². The van der Waals surface area contributed by atoms with Crippen molar-refractivity contribution in [3.05, 3.63) is 72.8 Å². The van der Waals surface area contributed by atoms with E-state index in [-0.39, 0.29) is 10.8 Å². The zero-order chi connectivity index (χ0) is 16.0. The van der Waals surface area contributed by atoms with E-state index in [0.29, 0.717) is 17.8 Å². The molecule has 22 heavy (non-hydrogen) atoms. The van der Waals surface area contributed by atoms with E-state index in [4.69, 9.17) is 0 Å². The molecule has 0 heterocycles. The number of sulfonamides is 1. The maximum atomic E-state index is 12.2. The molecule has 2 aromatic rings. The summed E-state index contributed by atoms with van der Waals surface area (Å²) in [5.41, 5.74) is 0.871. The first-order valence-corrected chi connectivity index (χ1v) is 8.08. The second-order valence-corrected chi connectivity index (χ2v) is 6.18. The van der Waals surface area contributed by atoms with Crippen molar-refractivity contribution < 1.29 is 13.2 Å². The highest BCUT2D eigenvalue weighted by atomic mass is 32.2. The zero-order valence-corrected chi connectivity index (χ0v) is 12.6. The van der Waals surface area contributed by atoms with Crippen molar-refractivity contribution in [2.75, 3.05) is 11.3 Å². The van der Waals surface area contributed by atoms with Crippen LogP contribution in [0.3, 0.4) is 0 Å². The number of hydrogen-bond acceptors (Lipinski definition) is 3.